The standard InChI is InChI=1S/C28H24N2S/c1-2-23-20-31-21-27(23)30(19-18-29-22-30)28(24-12-6-3-7-13-24,25-14-8-4-9-15-25)26-16-10-5-11-17-26/h3-17,19-22H,2H2,1H3/q+1. The van der Waals surface area contributed by atoms with Crippen LogP contribution in [0, 0.1) is 6.20 Å². The molecule has 3 heteroatoms. The highest BCUT2D eigenvalue weighted by atomic mass is 32.1. The molecule has 0 amide bonds. The lowest BCUT2D eigenvalue weighted by atomic mass is 9.73. The molecule has 0 bridgehead atoms. The van der Waals surface area contributed by atoms with E-state index in [1.54, 1.807) is 11.3 Å². The van der Waals surface area contributed by atoms with Gasteiger partial charge in [-0.2, -0.15) is 4.99 Å². The van der Waals surface area contributed by atoms with Gasteiger partial charge in [0.25, 0.3) is 0 Å². The van der Waals surface area contributed by atoms with E-state index in [0.29, 0.717) is 4.48 Å². The highest BCUT2D eigenvalue weighted by Crippen LogP contribution is 2.52. The number of hydrogen-bond acceptors (Lipinski definition) is 2. The molecule has 31 heavy (non-hydrogen) atoms. The summed E-state index contributed by atoms with van der Waals surface area (Å²) < 4.78 is 0.442. The Labute approximate surface area is 188 Å². The number of quaternary nitrogens is 1. The van der Waals surface area contributed by atoms with Crippen LogP contribution in [0.15, 0.2) is 113 Å². The topological polar surface area (TPSA) is 12.4 Å². The zero-order valence-corrected chi connectivity index (χ0v) is 18.3. The van der Waals surface area contributed by atoms with Gasteiger partial charge in [0, 0.05) is 27.6 Å². The van der Waals surface area contributed by atoms with E-state index >= 15 is 0 Å². The zero-order valence-electron chi connectivity index (χ0n) is 17.5. The molecule has 0 saturated heterocycles. The van der Waals surface area contributed by atoms with Crippen molar-refractivity contribution in [2.24, 2.45) is 4.99 Å². The highest BCUT2D eigenvalue weighted by molar-refractivity contribution is 7.08. The normalized spacial score (nSPS) is 17.8. The van der Waals surface area contributed by atoms with Crippen LogP contribution >= 0.6 is 11.3 Å². The van der Waals surface area contributed by atoms with Crippen LogP contribution in [0.2, 0.25) is 0 Å². The molecule has 1 aromatic heterocycles. The first-order chi connectivity index (χ1) is 15.3. The summed E-state index contributed by atoms with van der Waals surface area (Å²) in [5.74, 6) is 0. The summed E-state index contributed by atoms with van der Waals surface area (Å²) in [6.07, 6.45) is 8.32. The second-order valence-electron chi connectivity index (χ2n) is 7.72. The van der Waals surface area contributed by atoms with E-state index in [-0.39, 0.29) is 0 Å². The predicted molar refractivity (Wildman–Crippen MR) is 131 cm³/mol. The molecule has 151 valence electrons. The molecule has 1 aliphatic heterocycles. The molecule has 1 unspecified atom stereocenters. The van der Waals surface area contributed by atoms with Gasteiger partial charge >= 0.3 is 0 Å². The molecule has 1 radical (unpaired) electrons. The molecule has 4 aromatic rings. The van der Waals surface area contributed by atoms with Crippen LogP contribution in [0.1, 0.15) is 29.2 Å². The molecule has 0 spiro atoms. The van der Waals surface area contributed by atoms with Crippen LogP contribution in [-0.4, -0.2) is 6.34 Å². The molecule has 0 fully saturated rings. The molecule has 3 aromatic carbocycles. The van der Waals surface area contributed by atoms with Gasteiger partial charge in [-0.15, -0.1) is 11.3 Å². The third-order valence-corrected chi connectivity index (χ3v) is 6.98. The van der Waals surface area contributed by atoms with Crippen molar-refractivity contribution in [3.63, 3.8) is 0 Å². The molecule has 0 aliphatic carbocycles. The van der Waals surface area contributed by atoms with Crippen molar-refractivity contribution in [1.82, 2.24) is 4.48 Å². The fourth-order valence-electron chi connectivity index (χ4n) is 4.86. The molecule has 1 aliphatic rings. The molecule has 2 heterocycles. The molecule has 0 saturated carbocycles. The Morgan fingerprint density at radius 1 is 0.774 bits per heavy atom. The first kappa shape index (κ1) is 19.7. The maximum atomic E-state index is 4.56. The SMILES string of the molecule is CCc1cscc1[N+]1(C(c2ccccc2)(c2ccccc2)c2ccccc2)C=[C]N=C1. The number of aliphatic imine (C=N–C) groups is 1. The Morgan fingerprint density at radius 3 is 1.71 bits per heavy atom. The summed E-state index contributed by atoms with van der Waals surface area (Å²) in [6.45, 7) is 2.22. The van der Waals surface area contributed by atoms with Crippen LogP contribution in [-0.2, 0) is 12.0 Å². The Kier molecular flexibility index (Phi) is 5.14. The van der Waals surface area contributed by atoms with Gasteiger partial charge in [0.15, 0.2) is 17.4 Å². The van der Waals surface area contributed by atoms with Crippen molar-refractivity contribution in [2.45, 2.75) is 18.9 Å². The molecular formula is C28H24N2S+. The molecular weight excluding hydrogens is 396 g/mol. The van der Waals surface area contributed by atoms with Crippen LogP contribution in [0.5, 0.6) is 0 Å². The van der Waals surface area contributed by atoms with Crippen LogP contribution < -0.4 is 4.48 Å². The van der Waals surface area contributed by atoms with Crippen LogP contribution in [0.3, 0.4) is 0 Å². The number of rotatable bonds is 6. The Hall–Kier alpha value is -3.27. The number of benzene rings is 3. The van der Waals surface area contributed by atoms with Gasteiger partial charge in [-0.1, -0.05) is 97.9 Å². The number of nitrogens with zero attached hydrogens (tertiary/aromatic N) is 2. The fraction of sp³-hybridized carbons (Fsp3) is 0.107. The first-order valence-electron chi connectivity index (χ1n) is 10.6. The second kappa shape index (κ2) is 8.10. The smallest absolute Gasteiger partial charge is 0.201 e. The fourth-order valence-corrected chi connectivity index (χ4v) is 5.84. The third-order valence-electron chi connectivity index (χ3n) is 6.20. The molecule has 2 nitrogen and oxygen atoms in total. The Balaban J connectivity index is 1.97. The van der Waals surface area contributed by atoms with Crippen LogP contribution in [0.25, 0.3) is 0 Å². The van der Waals surface area contributed by atoms with Crippen molar-refractivity contribution >= 4 is 23.4 Å². The number of hydrogen-bond donors (Lipinski definition) is 0. The van der Waals surface area contributed by atoms with Crippen molar-refractivity contribution < 1.29 is 0 Å². The molecule has 5 rings (SSSR count). The van der Waals surface area contributed by atoms with Gasteiger partial charge in [-0.3, -0.25) is 0 Å². The van der Waals surface area contributed by atoms with E-state index in [2.05, 4.69) is 126 Å². The van der Waals surface area contributed by atoms with Crippen LogP contribution in [0.4, 0.5) is 5.69 Å². The van der Waals surface area contributed by atoms with E-state index in [4.69, 9.17) is 0 Å². The summed E-state index contributed by atoms with van der Waals surface area (Å²) in [7, 11) is 0. The first-order valence-corrected chi connectivity index (χ1v) is 11.5. The Morgan fingerprint density at radius 2 is 1.29 bits per heavy atom. The van der Waals surface area contributed by atoms with Crippen molar-refractivity contribution in [2.75, 3.05) is 0 Å². The number of thiophene rings is 1. The summed E-state index contributed by atoms with van der Waals surface area (Å²) >= 11 is 1.75. The second-order valence-corrected chi connectivity index (χ2v) is 8.47. The van der Waals surface area contributed by atoms with E-state index in [9.17, 15) is 0 Å². The number of aryl methyl sites for hydroxylation is 1. The van der Waals surface area contributed by atoms with Crippen molar-refractivity contribution in [1.29, 1.82) is 0 Å². The summed E-state index contributed by atoms with van der Waals surface area (Å²) in [5, 5.41) is 4.54. The maximum absolute atomic E-state index is 4.56. The van der Waals surface area contributed by atoms with Gasteiger partial charge < -0.3 is 0 Å². The van der Waals surface area contributed by atoms with Crippen molar-refractivity contribution in [3.05, 3.63) is 136 Å². The molecule has 0 N–H and O–H groups in total. The maximum Gasteiger partial charge on any atom is 0.201 e. The van der Waals surface area contributed by atoms with Gasteiger partial charge in [0.2, 0.25) is 6.34 Å². The monoisotopic (exact) mass is 420 g/mol. The zero-order chi connectivity index (χ0) is 21.2. The minimum atomic E-state index is -0.554. The van der Waals surface area contributed by atoms with E-state index < -0.39 is 5.54 Å². The summed E-state index contributed by atoms with van der Waals surface area (Å²) in [5.41, 5.74) is 5.68. The quantitative estimate of drug-likeness (QED) is 0.237. The predicted octanol–water partition coefficient (Wildman–Crippen LogP) is 6.93. The average molecular weight is 421 g/mol. The van der Waals surface area contributed by atoms with Gasteiger partial charge in [-0.25, -0.2) is 4.48 Å². The summed E-state index contributed by atoms with van der Waals surface area (Å²) in [4.78, 5) is 4.56. The third kappa shape index (κ3) is 2.93. The largest absolute Gasteiger partial charge is 0.203 e. The van der Waals surface area contributed by atoms with E-state index in [1.165, 1.54) is 27.9 Å². The highest BCUT2D eigenvalue weighted by Gasteiger charge is 2.57. The lowest BCUT2D eigenvalue weighted by Gasteiger charge is -2.47. The minimum absolute atomic E-state index is 0.442. The lowest BCUT2D eigenvalue weighted by Crippen LogP contribution is -2.60. The lowest BCUT2D eigenvalue weighted by molar-refractivity contribution is 0.357. The van der Waals surface area contributed by atoms with Crippen molar-refractivity contribution in [3.8, 4) is 0 Å². The van der Waals surface area contributed by atoms with Gasteiger partial charge in [-0.05, 0) is 6.42 Å². The van der Waals surface area contributed by atoms with E-state index in [0.717, 1.165) is 6.42 Å². The minimum Gasteiger partial charge on any atom is -0.203 e. The molecule has 1 atom stereocenters. The van der Waals surface area contributed by atoms with E-state index in [1.807, 2.05) is 6.34 Å². The Bertz CT molecular complexity index is 1100. The van der Waals surface area contributed by atoms with Gasteiger partial charge in [0.05, 0.1) is 5.38 Å². The summed E-state index contributed by atoms with van der Waals surface area (Å²) in [6, 6.07) is 32.4. The average Bonchev–Trinajstić information content (AvgIpc) is 3.52. The van der Waals surface area contributed by atoms with Gasteiger partial charge in [0.1, 0.15) is 6.20 Å².